The highest BCUT2D eigenvalue weighted by Crippen LogP contribution is 2.29. The van der Waals surface area contributed by atoms with E-state index in [1.165, 1.54) is 31.7 Å². The second kappa shape index (κ2) is 6.82. The quantitative estimate of drug-likeness (QED) is 0.913. The Balaban J connectivity index is 2.24. The predicted molar refractivity (Wildman–Crippen MR) is 80.5 cm³/mol. The highest BCUT2D eigenvalue weighted by molar-refractivity contribution is 9.10. The van der Waals surface area contributed by atoms with E-state index < -0.39 is 0 Å². The van der Waals surface area contributed by atoms with E-state index in [1.807, 2.05) is 12.1 Å². The zero-order valence-corrected chi connectivity index (χ0v) is 13.0. The average Bonchev–Trinajstić information content (AvgIpc) is 2.60. The maximum atomic E-state index is 13.4. The van der Waals surface area contributed by atoms with E-state index in [0.29, 0.717) is 17.1 Å². The van der Waals surface area contributed by atoms with E-state index in [9.17, 15) is 4.39 Å². The van der Waals surface area contributed by atoms with Gasteiger partial charge in [0, 0.05) is 18.6 Å². The first kappa shape index (κ1) is 14.9. The van der Waals surface area contributed by atoms with Crippen molar-refractivity contribution < 1.29 is 4.39 Å². The summed E-state index contributed by atoms with van der Waals surface area (Å²) in [6.07, 6.45) is 5.04. The molecule has 0 bridgehead atoms. The minimum Gasteiger partial charge on any atom is -0.329 e. The van der Waals surface area contributed by atoms with Gasteiger partial charge in [0.1, 0.15) is 5.82 Å². The van der Waals surface area contributed by atoms with E-state index in [2.05, 4.69) is 27.8 Å². The molecule has 106 valence electrons. The molecular weight excluding hydrogens is 307 g/mol. The first-order chi connectivity index (χ1) is 9.13. The van der Waals surface area contributed by atoms with Crippen molar-refractivity contribution >= 4 is 15.9 Å². The van der Waals surface area contributed by atoms with Crippen molar-refractivity contribution in [2.45, 2.75) is 44.7 Å². The van der Waals surface area contributed by atoms with Crippen molar-refractivity contribution in [3.05, 3.63) is 34.1 Å². The maximum absolute atomic E-state index is 13.4. The van der Waals surface area contributed by atoms with E-state index in [-0.39, 0.29) is 11.9 Å². The van der Waals surface area contributed by atoms with Gasteiger partial charge in [0.15, 0.2) is 0 Å². The fourth-order valence-electron chi connectivity index (χ4n) is 2.94. The Morgan fingerprint density at radius 3 is 2.89 bits per heavy atom. The smallest absolute Gasteiger partial charge is 0.137 e. The molecule has 4 heteroatoms. The van der Waals surface area contributed by atoms with E-state index in [0.717, 1.165) is 12.1 Å². The summed E-state index contributed by atoms with van der Waals surface area (Å²) in [6.45, 7) is 3.92. The minimum absolute atomic E-state index is 0.185. The van der Waals surface area contributed by atoms with Crippen LogP contribution in [0.25, 0.3) is 0 Å². The van der Waals surface area contributed by atoms with Gasteiger partial charge in [0.25, 0.3) is 0 Å². The number of hydrogen-bond donors (Lipinski definition) is 1. The maximum Gasteiger partial charge on any atom is 0.137 e. The number of likely N-dealkylation sites (tertiary alicyclic amines) is 1. The molecule has 2 rings (SSSR count). The van der Waals surface area contributed by atoms with Gasteiger partial charge >= 0.3 is 0 Å². The lowest BCUT2D eigenvalue weighted by molar-refractivity contribution is 0.150. The number of rotatable bonds is 3. The summed E-state index contributed by atoms with van der Waals surface area (Å²) in [6, 6.07) is 5.97. The minimum atomic E-state index is -0.219. The molecule has 0 aromatic heterocycles. The van der Waals surface area contributed by atoms with Crippen LogP contribution in [0.1, 0.15) is 44.2 Å². The summed E-state index contributed by atoms with van der Waals surface area (Å²) in [4.78, 5) is 2.48. The van der Waals surface area contributed by atoms with Gasteiger partial charge in [0.05, 0.1) is 4.47 Å². The summed E-state index contributed by atoms with van der Waals surface area (Å²) >= 11 is 3.26. The molecule has 2 atom stereocenters. The molecule has 19 heavy (non-hydrogen) atoms. The lowest BCUT2D eigenvalue weighted by Gasteiger charge is -2.35. The van der Waals surface area contributed by atoms with Crippen molar-refractivity contribution in [2.24, 2.45) is 5.73 Å². The topological polar surface area (TPSA) is 29.3 Å². The van der Waals surface area contributed by atoms with Gasteiger partial charge in [-0.25, -0.2) is 4.39 Å². The number of halogens is 2. The number of nitrogens with two attached hydrogens (primary N) is 1. The summed E-state index contributed by atoms with van der Waals surface area (Å²) in [7, 11) is 0. The molecule has 1 aliphatic heterocycles. The molecule has 0 amide bonds. The van der Waals surface area contributed by atoms with Gasteiger partial charge in [-0.15, -0.1) is 0 Å². The molecule has 1 aliphatic rings. The Morgan fingerprint density at radius 1 is 1.42 bits per heavy atom. The van der Waals surface area contributed by atoms with E-state index in [1.54, 1.807) is 0 Å². The normalized spacial score (nSPS) is 23.1. The summed E-state index contributed by atoms with van der Waals surface area (Å²) in [5, 5.41) is 0. The van der Waals surface area contributed by atoms with Crippen molar-refractivity contribution in [3.63, 3.8) is 0 Å². The molecule has 0 saturated carbocycles. The Labute approximate surface area is 123 Å². The fourth-order valence-corrected chi connectivity index (χ4v) is 3.34. The Morgan fingerprint density at radius 2 is 2.21 bits per heavy atom. The van der Waals surface area contributed by atoms with Crippen LogP contribution >= 0.6 is 15.9 Å². The van der Waals surface area contributed by atoms with Crippen LogP contribution < -0.4 is 5.73 Å². The molecule has 1 fully saturated rings. The van der Waals surface area contributed by atoms with E-state index in [4.69, 9.17) is 5.73 Å². The van der Waals surface area contributed by atoms with Crippen LogP contribution in [0.2, 0.25) is 0 Å². The third-order valence-electron chi connectivity index (χ3n) is 4.06. The Bertz CT molecular complexity index is 425. The fraction of sp³-hybridized carbons (Fsp3) is 0.600. The highest BCUT2D eigenvalue weighted by atomic mass is 79.9. The molecule has 0 radical (unpaired) electrons. The van der Waals surface area contributed by atoms with Gasteiger partial charge in [-0.05, 0) is 59.9 Å². The second-order valence-corrected chi connectivity index (χ2v) is 6.22. The second-order valence-electron chi connectivity index (χ2n) is 5.36. The van der Waals surface area contributed by atoms with Gasteiger partial charge in [-0.2, -0.15) is 0 Å². The summed E-state index contributed by atoms with van der Waals surface area (Å²) < 4.78 is 13.9. The van der Waals surface area contributed by atoms with Crippen LogP contribution in [0.4, 0.5) is 4.39 Å². The Hall–Kier alpha value is -0.450. The Kier molecular flexibility index (Phi) is 5.37. The lowest BCUT2D eigenvalue weighted by atomic mass is 10.0. The van der Waals surface area contributed by atoms with Gasteiger partial charge < -0.3 is 5.73 Å². The SMILES string of the molecule is CC1CCCCCN1C(CN)c1ccc(F)c(Br)c1. The largest absolute Gasteiger partial charge is 0.329 e. The van der Waals surface area contributed by atoms with E-state index >= 15 is 0 Å². The number of hydrogen-bond acceptors (Lipinski definition) is 2. The average molecular weight is 329 g/mol. The van der Waals surface area contributed by atoms with Crippen LogP contribution in [0.15, 0.2) is 22.7 Å². The molecule has 0 aliphatic carbocycles. The van der Waals surface area contributed by atoms with Crippen molar-refractivity contribution in [1.82, 2.24) is 4.90 Å². The zero-order chi connectivity index (χ0) is 13.8. The van der Waals surface area contributed by atoms with Crippen LogP contribution in [-0.4, -0.2) is 24.0 Å². The molecule has 2 nitrogen and oxygen atoms in total. The van der Waals surface area contributed by atoms with Crippen LogP contribution in [0, 0.1) is 5.82 Å². The molecule has 1 saturated heterocycles. The first-order valence-electron chi connectivity index (χ1n) is 7.04. The van der Waals surface area contributed by atoms with Gasteiger partial charge in [-0.1, -0.05) is 18.9 Å². The molecule has 1 aromatic carbocycles. The van der Waals surface area contributed by atoms with Crippen LogP contribution in [-0.2, 0) is 0 Å². The molecule has 2 unspecified atom stereocenters. The number of nitrogens with zero attached hydrogens (tertiary/aromatic N) is 1. The number of benzene rings is 1. The van der Waals surface area contributed by atoms with Crippen molar-refractivity contribution in [1.29, 1.82) is 0 Å². The first-order valence-corrected chi connectivity index (χ1v) is 7.83. The molecule has 1 heterocycles. The standard InChI is InChI=1S/C15H22BrFN2/c1-11-5-3-2-4-8-19(11)15(10-18)12-6-7-14(17)13(16)9-12/h6-7,9,11,15H,2-5,8,10,18H2,1H3. The van der Waals surface area contributed by atoms with Crippen molar-refractivity contribution in [2.75, 3.05) is 13.1 Å². The predicted octanol–water partition coefficient (Wildman–Crippen LogP) is 3.85. The molecular formula is C15H22BrFN2. The van der Waals surface area contributed by atoms with Gasteiger partial charge in [0.2, 0.25) is 0 Å². The summed E-state index contributed by atoms with van der Waals surface area (Å²) in [5.74, 6) is -0.219. The molecule has 2 N–H and O–H groups in total. The van der Waals surface area contributed by atoms with Crippen LogP contribution in [0.5, 0.6) is 0 Å². The van der Waals surface area contributed by atoms with Crippen LogP contribution in [0.3, 0.4) is 0 Å². The van der Waals surface area contributed by atoms with Gasteiger partial charge in [-0.3, -0.25) is 4.90 Å². The third-order valence-corrected chi connectivity index (χ3v) is 4.66. The molecule has 1 aromatic rings. The molecule has 0 spiro atoms. The summed E-state index contributed by atoms with van der Waals surface area (Å²) in [5.41, 5.74) is 7.09. The lowest BCUT2D eigenvalue weighted by Crippen LogP contribution is -2.39. The highest BCUT2D eigenvalue weighted by Gasteiger charge is 2.25. The third kappa shape index (κ3) is 3.56. The van der Waals surface area contributed by atoms with Crippen molar-refractivity contribution in [3.8, 4) is 0 Å². The monoisotopic (exact) mass is 328 g/mol. The zero-order valence-electron chi connectivity index (χ0n) is 11.4.